The number of esters is 1. The van der Waals surface area contributed by atoms with Gasteiger partial charge in [-0.2, -0.15) is 0 Å². The van der Waals surface area contributed by atoms with Gasteiger partial charge in [-0.15, -0.1) is 18.3 Å². The molecular formula is C31H36N2O3S. The number of thioether (sulfide) groups is 1. The fourth-order valence-corrected chi connectivity index (χ4v) is 7.31. The summed E-state index contributed by atoms with van der Waals surface area (Å²) in [6.07, 6.45) is 8.25. The highest BCUT2D eigenvalue weighted by molar-refractivity contribution is 7.99. The highest BCUT2D eigenvalue weighted by Gasteiger charge is 2.43. The van der Waals surface area contributed by atoms with Crippen LogP contribution in [0.2, 0.25) is 0 Å². The van der Waals surface area contributed by atoms with E-state index in [1.807, 2.05) is 36.5 Å². The molecule has 6 rings (SSSR count). The third-order valence-corrected chi connectivity index (χ3v) is 9.32. The van der Waals surface area contributed by atoms with Gasteiger partial charge in [-0.1, -0.05) is 31.6 Å². The molecule has 2 aromatic carbocycles. The summed E-state index contributed by atoms with van der Waals surface area (Å²) in [6.45, 7) is 8.81. The van der Waals surface area contributed by atoms with Crippen LogP contribution in [-0.4, -0.2) is 48.7 Å². The highest BCUT2D eigenvalue weighted by Crippen LogP contribution is 2.49. The minimum absolute atomic E-state index is 0.121. The number of carbonyl (C=O) groups excluding carboxylic acids is 1. The van der Waals surface area contributed by atoms with E-state index in [9.17, 15) is 4.79 Å². The average molecular weight is 517 g/mol. The first-order chi connectivity index (χ1) is 18.1. The number of rotatable bonds is 10. The SMILES string of the molecule is C=C[C@H]1CN2CC[C@H]1C[C@@H]2[C@H](Sc1ccccc1C(=O)OCCCC)c1ccnc2ccc(OC)cc12. The molecule has 3 aromatic rings. The van der Waals surface area contributed by atoms with Crippen molar-refractivity contribution in [2.45, 2.75) is 48.8 Å². The third-order valence-electron chi connectivity index (χ3n) is 7.88. The molecule has 3 fully saturated rings. The Balaban J connectivity index is 1.56. The van der Waals surface area contributed by atoms with Crippen LogP contribution in [0.4, 0.5) is 0 Å². The van der Waals surface area contributed by atoms with Gasteiger partial charge in [0.25, 0.3) is 0 Å². The van der Waals surface area contributed by atoms with Gasteiger partial charge in [0.2, 0.25) is 0 Å². The Morgan fingerprint density at radius 1 is 1.27 bits per heavy atom. The van der Waals surface area contributed by atoms with Crippen LogP contribution in [0.5, 0.6) is 5.75 Å². The largest absolute Gasteiger partial charge is 0.497 e. The van der Waals surface area contributed by atoms with Gasteiger partial charge in [-0.25, -0.2) is 4.79 Å². The Hall–Kier alpha value is -2.83. The molecule has 5 atom stereocenters. The number of pyridine rings is 1. The number of carbonyl (C=O) groups is 1. The van der Waals surface area contributed by atoms with Crippen LogP contribution in [-0.2, 0) is 4.74 Å². The molecule has 3 aliphatic rings. The number of benzene rings is 2. The fourth-order valence-electron chi connectivity index (χ4n) is 5.82. The lowest BCUT2D eigenvalue weighted by atomic mass is 9.74. The smallest absolute Gasteiger partial charge is 0.339 e. The normalized spacial score (nSPS) is 23.5. The van der Waals surface area contributed by atoms with E-state index in [0.29, 0.717) is 30.0 Å². The summed E-state index contributed by atoms with van der Waals surface area (Å²) >= 11 is 1.78. The Morgan fingerprint density at radius 3 is 2.89 bits per heavy atom. The summed E-state index contributed by atoms with van der Waals surface area (Å²) in [7, 11) is 1.70. The Morgan fingerprint density at radius 2 is 2.14 bits per heavy atom. The number of fused-ring (bicyclic) bond motifs is 4. The zero-order valence-corrected chi connectivity index (χ0v) is 22.6. The molecule has 0 saturated carbocycles. The Kier molecular flexibility index (Phi) is 8.16. The number of methoxy groups -OCH3 is 1. The Labute approximate surface area is 224 Å². The van der Waals surface area contributed by atoms with Crippen LogP contribution < -0.4 is 4.74 Å². The predicted molar refractivity (Wildman–Crippen MR) is 150 cm³/mol. The minimum atomic E-state index is -0.242. The standard InChI is InChI=1S/C31H36N2O3S/c1-4-6-17-36-31(34)25-9-7-8-10-29(25)37-30(28-18-22-14-16-33(28)20-21(22)5-2)24-13-15-32-27-12-11-23(35-3)19-26(24)27/h5,7-13,15,19,21-22,28,30H,2,4,6,14,16-18,20H2,1,3H3/t21-,22-,28+,30+/m0/s1. The summed E-state index contributed by atoms with van der Waals surface area (Å²) in [5, 5.41) is 1.22. The van der Waals surface area contributed by atoms with Crippen LogP contribution in [0, 0.1) is 11.8 Å². The van der Waals surface area contributed by atoms with Crippen LogP contribution in [0.1, 0.15) is 53.8 Å². The molecule has 0 spiro atoms. The quantitative estimate of drug-likeness (QED) is 0.126. The molecule has 37 heavy (non-hydrogen) atoms. The average Bonchev–Trinajstić information content (AvgIpc) is 2.95. The summed E-state index contributed by atoms with van der Waals surface area (Å²) in [4.78, 5) is 21.3. The monoisotopic (exact) mass is 516 g/mol. The third kappa shape index (κ3) is 5.41. The van der Waals surface area contributed by atoms with Crippen molar-refractivity contribution in [2.75, 3.05) is 26.8 Å². The van der Waals surface area contributed by atoms with Gasteiger partial charge >= 0.3 is 5.97 Å². The van der Waals surface area contributed by atoms with Crippen LogP contribution >= 0.6 is 11.8 Å². The van der Waals surface area contributed by atoms with Gasteiger partial charge in [-0.05, 0) is 79.6 Å². The number of ether oxygens (including phenoxy) is 2. The second-order valence-corrected chi connectivity index (χ2v) is 11.2. The van der Waals surface area contributed by atoms with E-state index in [1.54, 1.807) is 18.9 Å². The number of nitrogens with zero attached hydrogens (tertiary/aromatic N) is 2. The molecule has 3 aliphatic heterocycles. The molecule has 2 bridgehead atoms. The predicted octanol–water partition coefficient (Wildman–Crippen LogP) is 6.93. The van der Waals surface area contributed by atoms with Crippen molar-refractivity contribution >= 4 is 28.6 Å². The maximum absolute atomic E-state index is 13.1. The lowest BCUT2D eigenvalue weighted by Gasteiger charge is -2.51. The highest BCUT2D eigenvalue weighted by atomic mass is 32.2. The second-order valence-electron chi connectivity index (χ2n) is 10.1. The maximum atomic E-state index is 13.1. The van der Waals surface area contributed by atoms with Crippen LogP contribution in [0.25, 0.3) is 10.9 Å². The van der Waals surface area contributed by atoms with Crippen molar-refractivity contribution < 1.29 is 14.3 Å². The van der Waals surface area contributed by atoms with Gasteiger partial charge in [0, 0.05) is 29.1 Å². The van der Waals surface area contributed by atoms with Gasteiger partial charge in [0.1, 0.15) is 5.75 Å². The van der Waals surface area contributed by atoms with E-state index < -0.39 is 0 Å². The minimum Gasteiger partial charge on any atom is -0.497 e. The first kappa shape index (κ1) is 25.8. The van der Waals surface area contributed by atoms with E-state index in [1.165, 1.54) is 12.0 Å². The van der Waals surface area contributed by atoms with Crippen LogP contribution in [0.3, 0.4) is 0 Å². The lowest BCUT2D eigenvalue weighted by molar-refractivity contribution is 0.0183. The van der Waals surface area contributed by atoms with Gasteiger partial charge in [0.05, 0.1) is 30.0 Å². The molecule has 0 N–H and O–H groups in total. The Bertz CT molecular complexity index is 1260. The van der Waals surface area contributed by atoms with Gasteiger partial charge in [-0.3, -0.25) is 9.88 Å². The summed E-state index contributed by atoms with van der Waals surface area (Å²) in [5.74, 6) is 1.77. The summed E-state index contributed by atoms with van der Waals surface area (Å²) in [5.41, 5.74) is 2.83. The molecule has 1 aromatic heterocycles. The van der Waals surface area contributed by atoms with E-state index in [4.69, 9.17) is 9.47 Å². The zero-order chi connectivity index (χ0) is 25.8. The molecule has 1 unspecified atom stereocenters. The van der Waals surface area contributed by atoms with E-state index in [2.05, 4.69) is 47.7 Å². The van der Waals surface area contributed by atoms with Crippen molar-refractivity contribution in [3.8, 4) is 5.75 Å². The topological polar surface area (TPSA) is 51.7 Å². The van der Waals surface area contributed by atoms with Crippen molar-refractivity contribution in [3.05, 3.63) is 78.5 Å². The molecule has 6 heteroatoms. The van der Waals surface area contributed by atoms with E-state index in [0.717, 1.165) is 53.9 Å². The zero-order valence-electron chi connectivity index (χ0n) is 21.8. The van der Waals surface area contributed by atoms with E-state index >= 15 is 0 Å². The lowest BCUT2D eigenvalue weighted by Crippen LogP contribution is -2.54. The molecule has 0 radical (unpaired) electrons. The molecule has 3 saturated heterocycles. The summed E-state index contributed by atoms with van der Waals surface area (Å²) in [6, 6.07) is 16.5. The number of aromatic nitrogens is 1. The first-order valence-electron chi connectivity index (χ1n) is 13.3. The molecule has 5 nitrogen and oxygen atoms in total. The van der Waals surface area contributed by atoms with Crippen molar-refractivity contribution in [2.24, 2.45) is 11.8 Å². The van der Waals surface area contributed by atoms with Crippen molar-refractivity contribution in [1.82, 2.24) is 9.88 Å². The molecule has 4 heterocycles. The number of hydrogen-bond acceptors (Lipinski definition) is 6. The number of unbranched alkanes of at least 4 members (excludes halogenated alkanes) is 1. The molecular weight excluding hydrogens is 480 g/mol. The van der Waals surface area contributed by atoms with E-state index in [-0.39, 0.29) is 11.2 Å². The maximum Gasteiger partial charge on any atom is 0.339 e. The fraction of sp³-hybridized carbons (Fsp3) is 0.419. The first-order valence-corrected chi connectivity index (χ1v) is 14.2. The second kappa shape index (κ2) is 11.7. The molecule has 0 amide bonds. The summed E-state index contributed by atoms with van der Waals surface area (Å²) < 4.78 is 11.2. The molecule has 194 valence electrons. The number of hydrogen-bond donors (Lipinski definition) is 0. The van der Waals surface area contributed by atoms with Crippen LogP contribution in [0.15, 0.2) is 72.3 Å². The molecule has 0 aliphatic carbocycles. The van der Waals surface area contributed by atoms with Gasteiger partial charge in [0.15, 0.2) is 0 Å². The van der Waals surface area contributed by atoms with Crippen molar-refractivity contribution in [1.29, 1.82) is 0 Å². The number of piperidine rings is 3. The van der Waals surface area contributed by atoms with Gasteiger partial charge < -0.3 is 9.47 Å². The van der Waals surface area contributed by atoms with Crippen molar-refractivity contribution in [3.63, 3.8) is 0 Å².